The number of benzene rings is 2. The molecule has 0 amide bonds. The summed E-state index contributed by atoms with van der Waals surface area (Å²) in [7, 11) is 1.44. The van der Waals surface area contributed by atoms with Crippen LogP contribution in [0.5, 0.6) is 5.75 Å². The van der Waals surface area contributed by atoms with Crippen LogP contribution in [-0.4, -0.2) is 18.2 Å². The topological polar surface area (TPSA) is 58.6 Å². The molecule has 0 atom stereocenters. The molecule has 2 N–H and O–H groups in total. The van der Waals surface area contributed by atoms with Crippen molar-refractivity contribution in [1.29, 1.82) is 0 Å². The van der Waals surface area contributed by atoms with Crippen LogP contribution in [0.1, 0.15) is 10.4 Å². The third kappa shape index (κ3) is 3.59. The number of ether oxygens (including phenoxy) is 1. The number of carboxylic acid groups (broad SMARTS) is 1. The predicted octanol–water partition coefficient (Wildman–Crippen LogP) is 4.17. The first-order chi connectivity index (χ1) is 9.60. The molecule has 0 saturated heterocycles. The Bertz CT molecular complexity index is 616. The van der Waals surface area contributed by atoms with E-state index < -0.39 is 5.97 Å². The minimum Gasteiger partial charge on any atom is -0.496 e. The summed E-state index contributed by atoms with van der Waals surface area (Å²) in [5.41, 5.74) is 0.803. The van der Waals surface area contributed by atoms with E-state index in [2.05, 4.69) is 4.72 Å². The van der Waals surface area contributed by atoms with E-state index in [9.17, 15) is 4.79 Å². The number of anilines is 1. The minimum atomic E-state index is -1.03. The largest absolute Gasteiger partial charge is 0.496 e. The van der Waals surface area contributed by atoms with Crippen LogP contribution in [0, 0.1) is 0 Å². The molecule has 2 aromatic carbocycles. The van der Waals surface area contributed by atoms with Gasteiger partial charge in [-0.05, 0) is 54.4 Å². The van der Waals surface area contributed by atoms with Gasteiger partial charge in [0, 0.05) is 15.6 Å². The summed E-state index contributed by atoms with van der Waals surface area (Å²) in [4.78, 5) is 12.1. The van der Waals surface area contributed by atoms with Crippen molar-refractivity contribution in [2.45, 2.75) is 4.90 Å². The molecule has 0 saturated carbocycles. The highest BCUT2D eigenvalue weighted by Gasteiger charge is 2.11. The third-order valence-corrected chi connectivity index (χ3v) is 3.63. The highest BCUT2D eigenvalue weighted by molar-refractivity contribution is 8.00. The van der Waals surface area contributed by atoms with Gasteiger partial charge in [0.25, 0.3) is 0 Å². The lowest BCUT2D eigenvalue weighted by atomic mass is 10.2. The second kappa shape index (κ2) is 6.54. The van der Waals surface area contributed by atoms with E-state index in [-0.39, 0.29) is 5.56 Å². The Hall–Kier alpha value is -1.85. The van der Waals surface area contributed by atoms with Gasteiger partial charge in [0.15, 0.2) is 0 Å². The van der Waals surface area contributed by atoms with Crippen molar-refractivity contribution in [1.82, 2.24) is 0 Å². The summed E-state index contributed by atoms with van der Waals surface area (Å²) >= 11 is 7.18. The smallest absolute Gasteiger partial charge is 0.339 e. The summed E-state index contributed by atoms with van der Waals surface area (Å²) in [5.74, 6) is -0.693. The monoisotopic (exact) mass is 309 g/mol. The summed E-state index contributed by atoms with van der Waals surface area (Å²) in [6, 6.07) is 12.3. The van der Waals surface area contributed by atoms with Gasteiger partial charge in [-0.3, -0.25) is 0 Å². The van der Waals surface area contributed by atoms with Crippen molar-refractivity contribution in [2.24, 2.45) is 0 Å². The second-order valence-electron chi connectivity index (χ2n) is 3.88. The first-order valence-corrected chi connectivity index (χ1v) is 6.89. The first kappa shape index (κ1) is 14.6. The van der Waals surface area contributed by atoms with Crippen molar-refractivity contribution < 1.29 is 14.6 Å². The number of carboxylic acids is 1. The Kier molecular flexibility index (Phi) is 4.76. The Labute approximate surface area is 125 Å². The zero-order chi connectivity index (χ0) is 14.5. The molecule has 0 aliphatic rings. The molecule has 2 aromatic rings. The fraction of sp³-hybridized carbons (Fsp3) is 0.0714. The zero-order valence-corrected chi connectivity index (χ0v) is 12.2. The molecule has 20 heavy (non-hydrogen) atoms. The van der Waals surface area contributed by atoms with Crippen LogP contribution in [0.4, 0.5) is 5.69 Å². The van der Waals surface area contributed by atoms with Crippen LogP contribution in [0.3, 0.4) is 0 Å². The van der Waals surface area contributed by atoms with Crippen LogP contribution in [0.15, 0.2) is 47.4 Å². The Morgan fingerprint density at radius 2 is 1.95 bits per heavy atom. The highest BCUT2D eigenvalue weighted by atomic mass is 35.5. The van der Waals surface area contributed by atoms with Crippen molar-refractivity contribution in [3.05, 3.63) is 53.1 Å². The van der Waals surface area contributed by atoms with E-state index in [1.54, 1.807) is 24.3 Å². The normalized spacial score (nSPS) is 10.1. The summed E-state index contributed by atoms with van der Waals surface area (Å²) in [6.07, 6.45) is 0. The fourth-order valence-corrected chi connectivity index (χ4v) is 2.32. The molecule has 0 aromatic heterocycles. The van der Waals surface area contributed by atoms with E-state index in [0.717, 1.165) is 4.90 Å². The van der Waals surface area contributed by atoms with Gasteiger partial charge in [-0.1, -0.05) is 11.6 Å². The molecule has 6 heteroatoms. The number of aromatic carboxylic acids is 1. The van der Waals surface area contributed by atoms with E-state index in [1.807, 2.05) is 12.1 Å². The standard InChI is InChI=1S/C14H12ClNO3S/c1-19-13-7-4-10(8-12(13)14(17)18)16-20-11-5-2-9(15)3-6-11/h2-8,16H,1H3,(H,17,18). The van der Waals surface area contributed by atoms with Crippen LogP contribution in [-0.2, 0) is 0 Å². The van der Waals surface area contributed by atoms with Gasteiger partial charge in [-0.15, -0.1) is 0 Å². The average Bonchev–Trinajstić information content (AvgIpc) is 2.46. The predicted molar refractivity (Wildman–Crippen MR) is 80.9 cm³/mol. The number of nitrogens with one attached hydrogen (secondary N) is 1. The minimum absolute atomic E-state index is 0.120. The van der Waals surface area contributed by atoms with Crippen molar-refractivity contribution in [3.8, 4) is 5.75 Å². The second-order valence-corrected chi connectivity index (χ2v) is 5.19. The molecule has 0 spiro atoms. The molecular formula is C14H12ClNO3S. The quantitative estimate of drug-likeness (QED) is 0.812. The Balaban J connectivity index is 2.11. The van der Waals surface area contributed by atoms with Gasteiger partial charge in [0.1, 0.15) is 11.3 Å². The van der Waals surface area contributed by atoms with Crippen molar-refractivity contribution in [2.75, 3.05) is 11.8 Å². The summed E-state index contributed by atoms with van der Waals surface area (Å²) in [5, 5.41) is 9.78. The number of hydrogen-bond donors (Lipinski definition) is 2. The average molecular weight is 310 g/mol. The van der Waals surface area contributed by atoms with Crippen molar-refractivity contribution >= 4 is 35.2 Å². The lowest BCUT2D eigenvalue weighted by Crippen LogP contribution is -2.01. The van der Waals surface area contributed by atoms with Gasteiger partial charge in [-0.2, -0.15) is 0 Å². The van der Waals surface area contributed by atoms with E-state index in [1.165, 1.54) is 25.1 Å². The third-order valence-electron chi connectivity index (χ3n) is 2.53. The van der Waals surface area contributed by atoms with E-state index in [4.69, 9.17) is 21.4 Å². The molecule has 0 aliphatic heterocycles. The van der Waals surface area contributed by atoms with Crippen LogP contribution in [0.2, 0.25) is 5.02 Å². The Morgan fingerprint density at radius 1 is 1.25 bits per heavy atom. The lowest BCUT2D eigenvalue weighted by molar-refractivity contribution is 0.0693. The number of carbonyl (C=O) groups is 1. The van der Waals surface area contributed by atoms with Gasteiger partial charge >= 0.3 is 5.97 Å². The van der Waals surface area contributed by atoms with Crippen molar-refractivity contribution in [3.63, 3.8) is 0 Å². The summed E-state index contributed by atoms with van der Waals surface area (Å²) < 4.78 is 8.09. The van der Waals surface area contributed by atoms with Gasteiger partial charge < -0.3 is 14.6 Å². The maximum atomic E-state index is 11.1. The molecule has 0 aliphatic carbocycles. The molecule has 0 heterocycles. The van der Waals surface area contributed by atoms with Gasteiger partial charge in [-0.25, -0.2) is 4.79 Å². The maximum absolute atomic E-state index is 11.1. The van der Waals surface area contributed by atoms with E-state index in [0.29, 0.717) is 16.5 Å². The SMILES string of the molecule is COc1ccc(NSc2ccc(Cl)cc2)cc1C(=O)O. The first-order valence-electron chi connectivity index (χ1n) is 5.70. The number of rotatable bonds is 5. The molecule has 0 unspecified atom stereocenters. The highest BCUT2D eigenvalue weighted by Crippen LogP contribution is 2.27. The van der Waals surface area contributed by atoms with Crippen LogP contribution in [0.25, 0.3) is 0 Å². The number of hydrogen-bond acceptors (Lipinski definition) is 4. The molecule has 2 rings (SSSR count). The fourth-order valence-electron chi connectivity index (χ4n) is 1.56. The maximum Gasteiger partial charge on any atom is 0.339 e. The number of methoxy groups -OCH3 is 1. The molecule has 0 fully saturated rings. The summed E-state index contributed by atoms with van der Waals surface area (Å²) in [6.45, 7) is 0. The molecular weight excluding hydrogens is 298 g/mol. The molecule has 4 nitrogen and oxygen atoms in total. The van der Waals surface area contributed by atoms with Gasteiger partial charge in [0.2, 0.25) is 0 Å². The molecule has 0 radical (unpaired) electrons. The van der Waals surface area contributed by atoms with Gasteiger partial charge in [0.05, 0.1) is 7.11 Å². The number of halogens is 1. The molecule has 104 valence electrons. The Morgan fingerprint density at radius 3 is 2.55 bits per heavy atom. The lowest BCUT2D eigenvalue weighted by Gasteiger charge is -2.09. The zero-order valence-electron chi connectivity index (χ0n) is 10.6. The van der Waals surface area contributed by atoms with Crippen LogP contribution < -0.4 is 9.46 Å². The molecule has 0 bridgehead atoms. The van der Waals surface area contributed by atoms with Crippen LogP contribution >= 0.6 is 23.5 Å². The van der Waals surface area contributed by atoms with E-state index >= 15 is 0 Å².